The quantitative estimate of drug-likeness (QED) is 0.0344. The van der Waals surface area contributed by atoms with E-state index in [1.807, 2.05) is 0 Å². The van der Waals surface area contributed by atoms with Gasteiger partial charge in [0, 0.05) is 19.3 Å². The fraction of sp³-hybridized carbons (Fsp3) is 0.945. The molecule has 1 atom stereocenters. The van der Waals surface area contributed by atoms with E-state index in [1.54, 1.807) is 0 Å². The maximum absolute atomic E-state index is 12.7. The Morgan fingerprint density at radius 3 is 0.656 bits per heavy atom. The fourth-order valence-corrected chi connectivity index (χ4v) is 8.45. The SMILES string of the molecule is CCCCCCCCCCCCCCCCCCCCCC(=O)OC[C@@H](COC(=O)CCCCCCCCCCCCCCCCCCC)OC(=O)CCCCCCCCC. The minimum atomic E-state index is -0.759. The Morgan fingerprint density at radius 1 is 0.262 bits per heavy atom. The van der Waals surface area contributed by atoms with Gasteiger partial charge in [-0.3, -0.25) is 14.4 Å². The zero-order valence-corrected chi connectivity index (χ0v) is 41.5. The van der Waals surface area contributed by atoms with Crippen molar-refractivity contribution in [3.8, 4) is 0 Å². The predicted octanol–water partition coefficient (Wildman–Crippen LogP) is 18.0. The van der Waals surface area contributed by atoms with Gasteiger partial charge < -0.3 is 14.2 Å². The van der Waals surface area contributed by atoms with Gasteiger partial charge >= 0.3 is 17.9 Å². The maximum atomic E-state index is 12.7. The molecule has 0 unspecified atom stereocenters. The number of rotatable bonds is 51. The van der Waals surface area contributed by atoms with Crippen LogP contribution in [0.3, 0.4) is 0 Å². The number of unbranched alkanes of at least 4 members (excludes halogenated alkanes) is 40. The zero-order valence-electron chi connectivity index (χ0n) is 41.5. The van der Waals surface area contributed by atoms with Crippen LogP contribution in [0, 0.1) is 0 Å². The molecule has 0 aromatic rings. The standard InChI is InChI=1S/C55H106O6/c1-4-7-10-13-16-18-20-22-24-26-27-29-31-33-35-37-40-42-45-48-54(57)60-51-52(61-55(58)49-46-43-38-15-12-9-6-3)50-59-53(56)47-44-41-39-36-34-32-30-28-25-23-21-19-17-14-11-8-5-2/h52H,4-51H2,1-3H3/t52-/m1/s1. The third-order valence-corrected chi connectivity index (χ3v) is 12.6. The van der Waals surface area contributed by atoms with Crippen LogP contribution in [0.15, 0.2) is 0 Å². The summed E-state index contributed by atoms with van der Waals surface area (Å²) in [4.78, 5) is 37.8. The highest BCUT2D eigenvalue weighted by atomic mass is 16.6. The fourth-order valence-electron chi connectivity index (χ4n) is 8.45. The van der Waals surface area contributed by atoms with Crippen molar-refractivity contribution >= 4 is 17.9 Å². The molecule has 0 spiro atoms. The van der Waals surface area contributed by atoms with Crippen molar-refractivity contribution in [1.29, 1.82) is 0 Å². The van der Waals surface area contributed by atoms with E-state index >= 15 is 0 Å². The molecule has 0 aromatic heterocycles. The van der Waals surface area contributed by atoms with Crippen LogP contribution in [0.25, 0.3) is 0 Å². The van der Waals surface area contributed by atoms with Gasteiger partial charge in [-0.25, -0.2) is 0 Å². The summed E-state index contributed by atoms with van der Waals surface area (Å²) in [6.07, 6.45) is 55.4. The van der Waals surface area contributed by atoms with Gasteiger partial charge in [-0.1, -0.05) is 278 Å². The summed E-state index contributed by atoms with van der Waals surface area (Å²) >= 11 is 0. The molecule has 0 saturated heterocycles. The lowest BCUT2D eigenvalue weighted by Crippen LogP contribution is -2.30. The van der Waals surface area contributed by atoms with Crippen molar-refractivity contribution in [1.82, 2.24) is 0 Å². The molecular weight excluding hydrogens is 757 g/mol. The molecule has 0 bridgehead atoms. The second-order valence-electron chi connectivity index (χ2n) is 18.9. The first-order chi connectivity index (χ1) is 30.0. The van der Waals surface area contributed by atoms with Crippen molar-refractivity contribution < 1.29 is 28.6 Å². The summed E-state index contributed by atoms with van der Waals surface area (Å²) in [6, 6.07) is 0. The highest BCUT2D eigenvalue weighted by Gasteiger charge is 2.19. The Bertz CT molecular complexity index is 905. The minimum absolute atomic E-state index is 0.0624. The molecule has 6 heteroatoms. The van der Waals surface area contributed by atoms with Crippen LogP contribution >= 0.6 is 0 Å². The first-order valence-corrected chi connectivity index (χ1v) is 27.5. The lowest BCUT2D eigenvalue weighted by molar-refractivity contribution is -0.167. The average molecular weight is 863 g/mol. The van der Waals surface area contributed by atoms with Gasteiger partial charge in [-0.15, -0.1) is 0 Å². The molecule has 0 fully saturated rings. The molecule has 6 nitrogen and oxygen atoms in total. The Labute approximate surface area is 380 Å². The summed E-state index contributed by atoms with van der Waals surface area (Å²) < 4.78 is 16.8. The first kappa shape index (κ1) is 59.4. The normalized spacial score (nSPS) is 11.9. The second-order valence-corrected chi connectivity index (χ2v) is 18.9. The van der Waals surface area contributed by atoms with Crippen molar-refractivity contribution in [3.63, 3.8) is 0 Å². The van der Waals surface area contributed by atoms with E-state index in [0.29, 0.717) is 19.3 Å². The number of ether oxygens (including phenoxy) is 3. The molecule has 0 aliphatic rings. The van der Waals surface area contributed by atoms with Crippen LogP contribution in [0.2, 0.25) is 0 Å². The van der Waals surface area contributed by atoms with Crippen molar-refractivity contribution in [2.75, 3.05) is 13.2 Å². The van der Waals surface area contributed by atoms with E-state index in [0.717, 1.165) is 57.8 Å². The molecule has 0 aliphatic heterocycles. The van der Waals surface area contributed by atoms with Gasteiger partial charge in [0.25, 0.3) is 0 Å². The highest BCUT2D eigenvalue weighted by molar-refractivity contribution is 5.71. The molecule has 61 heavy (non-hydrogen) atoms. The Morgan fingerprint density at radius 2 is 0.443 bits per heavy atom. The second kappa shape index (κ2) is 51.0. The van der Waals surface area contributed by atoms with Gasteiger partial charge in [-0.05, 0) is 19.3 Å². The van der Waals surface area contributed by atoms with E-state index in [4.69, 9.17) is 14.2 Å². The van der Waals surface area contributed by atoms with Gasteiger partial charge in [0.1, 0.15) is 13.2 Å². The number of carbonyl (C=O) groups is 3. The molecule has 0 amide bonds. The summed E-state index contributed by atoms with van der Waals surface area (Å²) in [5, 5.41) is 0. The molecule has 362 valence electrons. The Hall–Kier alpha value is -1.59. The Kier molecular flexibility index (Phi) is 49.7. The molecule has 0 saturated carbocycles. The monoisotopic (exact) mass is 863 g/mol. The van der Waals surface area contributed by atoms with Gasteiger partial charge in [-0.2, -0.15) is 0 Å². The van der Waals surface area contributed by atoms with E-state index in [9.17, 15) is 14.4 Å². The number of esters is 3. The molecule has 0 radical (unpaired) electrons. The summed E-state index contributed by atoms with van der Waals surface area (Å²) in [5.41, 5.74) is 0. The third-order valence-electron chi connectivity index (χ3n) is 12.6. The number of hydrogen-bond acceptors (Lipinski definition) is 6. The van der Waals surface area contributed by atoms with Crippen LogP contribution in [0.1, 0.15) is 316 Å². The topological polar surface area (TPSA) is 78.9 Å². The van der Waals surface area contributed by atoms with E-state index < -0.39 is 6.10 Å². The van der Waals surface area contributed by atoms with Crippen LogP contribution < -0.4 is 0 Å². The molecule has 0 rings (SSSR count). The van der Waals surface area contributed by atoms with Crippen molar-refractivity contribution in [3.05, 3.63) is 0 Å². The molecule has 0 aromatic carbocycles. The predicted molar refractivity (Wildman–Crippen MR) is 261 cm³/mol. The van der Waals surface area contributed by atoms with Crippen LogP contribution in [0.4, 0.5) is 0 Å². The van der Waals surface area contributed by atoms with Gasteiger partial charge in [0.2, 0.25) is 0 Å². The van der Waals surface area contributed by atoms with Gasteiger partial charge in [0.15, 0.2) is 6.10 Å². The number of hydrogen-bond donors (Lipinski definition) is 0. The molecule has 0 heterocycles. The van der Waals surface area contributed by atoms with Crippen molar-refractivity contribution in [2.24, 2.45) is 0 Å². The minimum Gasteiger partial charge on any atom is -0.462 e. The van der Waals surface area contributed by atoms with Crippen molar-refractivity contribution in [2.45, 2.75) is 322 Å². The highest BCUT2D eigenvalue weighted by Crippen LogP contribution is 2.17. The van der Waals surface area contributed by atoms with Crippen LogP contribution in [-0.4, -0.2) is 37.2 Å². The Balaban J connectivity index is 4.11. The lowest BCUT2D eigenvalue weighted by Gasteiger charge is -2.18. The van der Waals surface area contributed by atoms with Crippen LogP contribution in [0.5, 0.6) is 0 Å². The summed E-state index contributed by atoms with van der Waals surface area (Å²) in [6.45, 7) is 6.66. The van der Waals surface area contributed by atoms with Gasteiger partial charge in [0.05, 0.1) is 0 Å². The van der Waals surface area contributed by atoms with E-state index in [2.05, 4.69) is 20.8 Å². The average Bonchev–Trinajstić information content (AvgIpc) is 3.26. The zero-order chi connectivity index (χ0) is 44.4. The molecule has 0 N–H and O–H groups in total. The van der Waals surface area contributed by atoms with E-state index in [1.165, 1.54) is 218 Å². The first-order valence-electron chi connectivity index (χ1n) is 27.5. The molecule has 0 aliphatic carbocycles. The summed E-state index contributed by atoms with van der Waals surface area (Å²) in [5.74, 6) is -0.845. The maximum Gasteiger partial charge on any atom is 0.306 e. The number of carbonyl (C=O) groups excluding carboxylic acids is 3. The van der Waals surface area contributed by atoms with Crippen LogP contribution in [-0.2, 0) is 28.6 Å². The smallest absolute Gasteiger partial charge is 0.306 e. The largest absolute Gasteiger partial charge is 0.462 e. The van der Waals surface area contributed by atoms with E-state index in [-0.39, 0.29) is 31.1 Å². The third kappa shape index (κ3) is 49.3. The molecular formula is C55H106O6. The lowest BCUT2D eigenvalue weighted by atomic mass is 10.0. The summed E-state index contributed by atoms with van der Waals surface area (Å²) in [7, 11) is 0.